The Morgan fingerprint density at radius 3 is 2.52 bits per heavy atom. The standard InChI is InChI=1S/C52H62ClN5O6S2Si/c1-10-62-51(59)50-34(2)47-44(57(50)22-13-24-63-46-28-40(26-36-14-11-12-15-41(36)46)66-31-35-16-18-39(60-7)19-17-35)21-20-42(53)48(47)49-43(55-58-23-25-61-30-45(49)58)33-65-32-37-27-38(56(6)54-37)29-64-67(8,9)52(3,4)5/h11-12,14-21,26-28H,10,13,22-25,29-33H2,1-9H3. The molecule has 3 aromatic heterocycles. The van der Waals surface area contributed by atoms with E-state index < -0.39 is 8.32 Å². The van der Waals surface area contributed by atoms with E-state index in [9.17, 15) is 4.79 Å². The summed E-state index contributed by atoms with van der Waals surface area (Å²) >= 11 is 10.8. The number of benzene rings is 4. The molecule has 0 unspecified atom stereocenters. The smallest absolute Gasteiger partial charge is 0.355 e. The van der Waals surface area contributed by atoms with Crippen LogP contribution in [0.15, 0.2) is 83.8 Å². The SMILES string of the molecule is CCOC(=O)c1c(C)c2c(-c3c(CSCc4cc(CO[Si](C)(C)C(C)(C)C)n(C)n4)nn4c3COCC4)c(Cl)ccc2n1CCCOc1cc(SCc2ccc(OC)cc2)cc2ccccc12. The van der Waals surface area contributed by atoms with Crippen molar-refractivity contribution in [3.8, 4) is 22.6 Å². The number of carbonyl (C=O) groups is 1. The van der Waals surface area contributed by atoms with Gasteiger partial charge in [-0.05, 0) is 97.4 Å². The average Bonchev–Trinajstić information content (AvgIpc) is 3.95. The van der Waals surface area contributed by atoms with Crippen molar-refractivity contribution in [2.75, 3.05) is 26.9 Å². The molecule has 1 aliphatic rings. The van der Waals surface area contributed by atoms with E-state index in [-0.39, 0.29) is 17.6 Å². The molecular weight excluding hydrogens is 918 g/mol. The van der Waals surface area contributed by atoms with Crippen molar-refractivity contribution in [2.24, 2.45) is 7.05 Å². The highest BCUT2D eigenvalue weighted by Crippen LogP contribution is 2.45. The quantitative estimate of drug-likeness (QED) is 0.0337. The van der Waals surface area contributed by atoms with Crippen molar-refractivity contribution in [2.45, 2.75) is 108 Å². The molecule has 0 bridgehead atoms. The summed E-state index contributed by atoms with van der Waals surface area (Å²) in [5.41, 5.74) is 9.23. The van der Waals surface area contributed by atoms with Gasteiger partial charge < -0.3 is 27.9 Å². The van der Waals surface area contributed by atoms with Gasteiger partial charge in [-0.15, -0.1) is 23.5 Å². The van der Waals surface area contributed by atoms with Crippen molar-refractivity contribution in [3.05, 3.63) is 123 Å². The summed E-state index contributed by atoms with van der Waals surface area (Å²) < 4.78 is 36.4. The zero-order valence-electron chi connectivity index (χ0n) is 40.2. The number of methoxy groups -OCH3 is 1. The molecule has 0 amide bonds. The van der Waals surface area contributed by atoms with Gasteiger partial charge in [-0.3, -0.25) is 9.36 Å². The van der Waals surface area contributed by atoms with Gasteiger partial charge in [-0.1, -0.05) is 68.8 Å². The molecule has 0 radical (unpaired) electrons. The number of nitrogens with zero attached hydrogens (tertiary/aromatic N) is 5. The number of hydrogen-bond acceptors (Lipinski definition) is 10. The second-order valence-electron chi connectivity index (χ2n) is 18.5. The highest BCUT2D eigenvalue weighted by molar-refractivity contribution is 7.98. The predicted octanol–water partition coefficient (Wildman–Crippen LogP) is 12.8. The Morgan fingerprint density at radius 1 is 0.970 bits per heavy atom. The minimum atomic E-state index is -1.91. The zero-order valence-corrected chi connectivity index (χ0v) is 43.6. The fraction of sp³-hybridized carbons (Fsp3) is 0.404. The number of carbonyl (C=O) groups excluding carboxylic acids is 1. The molecule has 8 rings (SSSR count). The summed E-state index contributed by atoms with van der Waals surface area (Å²) in [6, 6.07) is 27.0. The summed E-state index contributed by atoms with van der Waals surface area (Å²) in [4.78, 5) is 15.1. The maximum atomic E-state index is 13.9. The van der Waals surface area contributed by atoms with E-state index in [1.807, 2.05) is 55.9 Å². The molecular formula is C52H62ClN5O6S2Si. The van der Waals surface area contributed by atoms with E-state index >= 15 is 0 Å². The molecule has 0 spiro atoms. The minimum absolute atomic E-state index is 0.129. The largest absolute Gasteiger partial charge is 0.497 e. The Kier molecular flexibility index (Phi) is 15.2. The maximum absolute atomic E-state index is 13.9. The number of fused-ring (bicyclic) bond motifs is 3. The molecule has 4 aromatic carbocycles. The number of hydrogen-bond donors (Lipinski definition) is 0. The molecule has 0 saturated carbocycles. The highest BCUT2D eigenvalue weighted by atomic mass is 35.5. The second kappa shape index (κ2) is 20.9. The van der Waals surface area contributed by atoms with E-state index in [1.54, 1.807) is 30.6 Å². The van der Waals surface area contributed by atoms with Crippen LogP contribution in [0.5, 0.6) is 11.5 Å². The van der Waals surface area contributed by atoms with E-state index in [4.69, 9.17) is 45.2 Å². The van der Waals surface area contributed by atoms with Gasteiger partial charge in [0.2, 0.25) is 0 Å². The molecule has 0 N–H and O–H groups in total. The van der Waals surface area contributed by atoms with E-state index in [1.165, 1.54) is 5.56 Å². The van der Waals surface area contributed by atoms with Gasteiger partial charge in [0.25, 0.3) is 0 Å². The Balaban J connectivity index is 1.05. The molecule has 67 heavy (non-hydrogen) atoms. The lowest BCUT2D eigenvalue weighted by Crippen LogP contribution is -2.40. The first-order valence-electron chi connectivity index (χ1n) is 23.0. The molecule has 11 nitrogen and oxygen atoms in total. The van der Waals surface area contributed by atoms with Crippen LogP contribution in [-0.2, 0) is 64.5 Å². The lowest BCUT2D eigenvalue weighted by molar-refractivity contribution is 0.0513. The van der Waals surface area contributed by atoms with Crippen LogP contribution in [0.4, 0.5) is 0 Å². The van der Waals surface area contributed by atoms with Crippen LogP contribution in [0.3, 0.4) is 0 Å². The van der Waals surface area contributed by atoms with E-state index in [0.717, 1.165) is 83.3 Å². The van der Waals surface area contributed by atoms with Gasteiger partial charge in [-0.25, -0.2) is 4.79 Å². The summed E-state index contributed by atoms with van der Waals surface area (Å²) in [5.74, 6) is 3.47. The Bertz CT molecular complexity index is 2880. The molecule has 0 atom stereocenters. The van der Waals surface area contributed by atoms with Crippen molar-refractivity contribution in [1.82, 2.24) is 24.1 Å². The molecule has 1 aliphatic heterocycles. The molecule has 354 valence electrons. The normalized spacial score (nSPS) is 13.1. The van der Waals surface area contributed by atoms with Gasteiger partial charge in [0.1, 0.15) is 17.2 Å². The van der Waals surface area contributed by atoms with Gasteiger partial charge in [0.15, 0.2) is 8.32 Å². The lowest BCUT2D eigenvalue weighted by atomic mass is 9.96. The summed E-state index contributed by atoms with van der Waals surface area (Å²) in [6.45, 7) is 18.6. The fourth-order valence-electron chi connectivity index (χ4n) is 8.39. The first-order chi connectivity index (χ1) is 32.2. The Hall–Kier alpha value is -4.70. The summed E-state index contributed by atoms with van der Waals surface area (Å²) in [6.07, 6.45) is 0.641. The average molecular weight is 981 g/mol. The lowest BCUT2D eigenvalue weighted by Gasteiger charge is -2.36. The highest BCUT2D eigenvalue weighted by Gasteiger charge is 2.37. The molecule has 7 aromatic rings. The van der Waals surface area contributed by atoms with E-state index in [2.05, 4.69) is 91.6 Å². The number of aromatic nitrogens is 5. The van der Waals surface area contributed by atoms with Crippen molar-refractivity contribution < 1.29 is 28.2 Å². The van der Waals surface area contributed by atoms with Crippen LogP contribution in [-0.4, -0.2) is 65.3 Å². The van der Waals surface area contributed by atoms with Crippen LogP contribution in [0.1, 0.15) is 78.5 Å². The van der Waals surface area contributed by atoms with Crippen LogP contribution >= 0.6 is 35.1 Å². The minimum Gasteiger partial charge on any atom is -0.497 e. The number of halogens is 1. The molecule has 4 heterocycles. The molecule has 15 heteroatoms. The van der Waals surface area contributed by atoms with Gasteiger partial charge >= 0.3 is 5.97 Å². The molecule has 0 fully saturated rings. The summed E-state index contributed by atoms with van der Waals surface area (Å²) in [5, 5.41) is 13.8. The Labute approximate surface area is 408 Å². The number of aryl methyl sites for hydroxylation is 3. The zero-order chi connectivity index (χ0) is 47.5. The third-order valence-electron chi connectivity index (χ3n) is 13.0. The first kappa shape index (κ1) is 48.7. The van der Waals surface area contributed by atoms with Gasteiger partial charge in [0.05, 0.1) is 69.5 Å². The van der Waals surface area contributed by atoms with Gasteiger partial charge in [-0.2, -0.15) is 10.2 Å². The van der Waals surface area contributed by atoms with Crippen molar-refractivity contribution in [3.63, 3.8) is 0 Å². The van der Waals surface area contributed by atoms with Crippen molar-refractivity contribution >= 4 is 71.1 Å². The van der Waals surface area contributed by atoms with Crippen LogP contribution < -0.4 is 9.47 Å². The van der Waals surface area contributed by atoms with Crippen LogP contribution in [0.25, 0.3) is 32.8 Å². The van der Waals surface area contributed by atoms with Crippen LogP contribution in [0, 0.1) is 6.92 Å². The monoisotopic (exact) mass is 979 g/mol. The third-order valence-corrected chi connectivity index (χ3v) is 19.8. The third kappa shape index (κ3) is 10.6. The van der Waals surface area contributed by atoms with Crippen molar-refractivity contribution in [1.29, 1.82) is 0 Å². The number of ether oxygens (including phenoxy) is 4. The Morgan fingerprint density at radius 2 is 1.76 bits per heavy atom. The van der Waals surface area contributed by atoms with E-state index in [0.29, 0.717) is 68.2 Å². The number of esters is 1. The predicted molar refractivity (Wildman–Crippen MR) is 275 cm³/mol. The molecule has 0 saturated heterocycles. The van der Waals surface area contributed by atoms with Gasteiger partial charge in [0, 0.05) is 68.2 Å². The topological polar surface area (TPSA) is 104 Å². The first-order valence-corrected chi connectivity index (χ1v) is 28.4. The second-order valence-corrected chi connectivity index (χ2v) is 25.7. The fourth-order valence-corrected chi connectivity index (χ4v) is 11.4. The summed E-state index contributed by atoms with van der Waals surface area (Å²) in [7, 11) is 1.75. The maximum Gasteiger partial charge on any atom is 0.355 e. The number of rotatable bonds is 19. The molecule has 0 aliphatic carbocycles. The number of thioether (sulfide) groups is 2. The van der Waals surface area contributed by atoms with Crippen LogP contribution in [0.2, 0.25) is 23.2 Å².